The van der Waals surface area contributed by atoms with Gasteiger partial charge in [-0.05, 0) is 32.2 Å². The van der Waals surface area contributed by atoms with E-state index in [1.54, 1.807) is 4.90 Å². The quantitative estimate of drug-likeness (QED) is 0.683. The number of primary amides is 1. The molecule has 5 heteroatoms. The molecule has 5 nitrogen and oxygen atoms in total. The second-order valence-electron chi connectivity index (χ2n) is 4.42. The summed E-state index contributed by atoms with van der Waals surface area (Å²) in [5.41, 5.74) is 10.7. The molecule has 1 fully saturated rings. The maximum Gasteiger partial charge on any atom is 0.240 e. The first-order valence-electron chi connectivity index (χ1n) is 5.87. The van der Waals surface area contributed by atoms with E-state index in [0.717, 1.165) is 19.3 Å². The van der Waals surface area contributed by atoms with Gasteiger partial charge in [0.05, 0.1) is 0 Å². The van der Waals surface area contributed by atoms with Crippen molar-refractivity contribution >= 4 is 11.8 Å². The molecule has 92 valence electrons. The predicted molar refractivity (Wildman–Crippen MR) is 61.4 cm³/mol. The van der Waals surface area contributed by atoms with Gasteiger partial charge in [-0.15, -0.1) is 0 Å². The molecule has 2 amide bonds. The Morgan fingerprint density at radius 3 is 2.75 bits per heavy atom. The number of carbonyl (C=O) groups is 2. The molecule has 1 rings (SSSR count). The summed E-state index contributed by atoms with van der Waals surface area (Å²) in [4.78, 5) is 24.8. The standard InChI is InChI=1S/C11H21N3O2/c1-8(4-2-6-12)11(16)14-7-3-5-9(14)10(13)15/h8-9H,2-7,12H2,1H3,(H2,13,15). The average molecular weight is 227 g/mol. The zero-order valence-electron chi connectivity index (χ0n) is 9.82. The smallest absolute Gasteiger partial charge is 0.240 e. The third kappa shape index (κ3) is 2.95. The second-order valence-corrected chi connectivity index (χ2v) is 4.42. The summed E-state index contributed by atoms with van der Waals surface area (Å²) >= 11 is 0. The number of hydrogen-bond donors (Lipinski definition) is 2. The number of carbonyl (C=O) groups excluding carboxylic acids is 2. The van der Waals surface area contributed by atoms with Crippen LogP contribution in [-0.2, 0) is 9.59 Å². The van der Waals surface area contributed by atoms with Gasteiger partial charge < -0.3 is 16.4 Å². The number of nitrogens with zero attached hydrogens (tertiary/aromatic N) is 1. The molecule has 0 radical (unpaired) electrons. The van der Waals surface area contributed by atoms with Gasteiger partial charge >= 0.3 is 0 Å². The van der Waals surface area contributed by atoms with Crippen molar-refractivity contribution in [3.8, 4) is 0 Å². The van der Waals surface area contributed by atoms with Crippen LogP contribution in [0.25, 0.3) is 0 Å². The number of hydrogen-bond acceptors (Lipinski definition) is 3. The number of likely N-dealkylation sites (tertiary alicyclic amines) is 1. The molecular weight excluding hydrogens is 206 g/mol. The van der Waals surface area contributed by atoms with Crippen molar-refractivity contribution < 1.29 is 9.59 Å². The highest BCUT2D eigenvalue weighted by Crippen LogP contribution is 2.21. The molecule has 4 N–H and O–H groups in total. The van der Waals surface area contributed by atoms with Crippen LogP contribution in [0.4, 0.5) is 0 Å². The van der Waals surface area contributed by atoms with Crippen LogP contribution < -0.4 is 11.5 Å². The highest BCUT2D eigenvalue weighted by Gasteiger charge is 2.34. The lowest BCUT2D eigenvalue weighted by Gasteiger charge is -2.25. The Bertz CT molecular complexity index is 268. The molecule has 1 heterocycles. The van der Waals surface area contributed by atoms with Crippen molar-refractivity contribution in [2.75, 3.05) is 13.1 Å². The molecule has 0 aromatic heterocycles. The zero-order chi connectivity index (χ0) is 12.1. The molecule has 0 spiro atoms. The van der Waals surface area contributed by atoms with E-state index in [9.17, 15) is 9.59 Å². The molecule has 1 aliphatic heterocycles. The van der Waals surface area contributed by atoms with Gasteiger partial charge in [-0.2, -0.15) is 0 Å². The van der Waals surface area contributed by atoms with Gasteiger partial charge in [0.1, 0.15) is 6.04 Å². The van der Waals surface area contributed by atoms with E-state index in [0.29, 0.717) is 19.5 Å². The van der Waals surface area contributed by atoms with Crippen LogP contribution in [0.15, 0.2) is 0 Å². The van der Waals surface area contributed by atoms with Gasteiger partial charge in [-0.25, -0.2) is 0 Å². The minimum absolute atomic E-state index is 0.0368. The van der Waals surface area contributed by atoms with Crippen LogP contribution in [0.2, 0.25) is 0 Å². The van der Waals surface area contributed by atoms with Crippen molar-refractivity contribution in [1.82, 2.24) is 4.90 Å². The van der Waals surface area contributed by atoms with E-state index in [-0.39, 0.29) is 11.8 Å². The minimum atomic E-state index is -0.396. The Balaban J connectivity index is 2.55. The fourth-order valence-corrected chi connectivity index (χ4v) is 2.16. The Hall–Kier alpha value is -1.10. The summed E-state index contributed by atoms with van der Waals surface area (Å²) in [6.07, 6.45) is 3.17. The van der Waals surface area contributed by atoms with E-state index in [2.05, 4.69) is 0 Å². The molecule has 1 aliphatic rings. The highest BCUT2D eigenvalue weighted by atomic mass is 16.2. The van der Waals surface area contributed by atoms with Crippen LogP contribution in [0, 0.1) is 5.92 Å². The predicted octanol–water partition coefficient (Wildman–Crippen LogP) is -0.162. The molecule has 0 aromatic rings. The van der Waals surface area contributed by atoms with Crippen LogP contribution in [0.3, 0.4) is 0 Å². The summed E-state index contributed by atoms with van der Waals surface area (Å²) in [5.74, 6) is -0.421. The summed E-state index contributed by atoms with van der Waals surface area (Å²) in [5, 5.41) is 0. The molecule has 0 aliphatic carbocycles. The Morgan fingerprint density at radius 1 is 1.50 bits per heavy atom. The van der Waals surface area contributed by atoms with Gasteiger partial charge in [-0.1, -0.05) is 6.92 Å². The van der Waals surface area contributed by atoms with Crippen molar-refractivity contribution in [1.29, 1.82) is 0 Å². The van der Waals surface area contributed by atoms with Gasteiger partial charge in [0.2, 0.25) is 11.8 Å². The second kappa shape index (κ2) is 5.84. The van der Waals surface area contributed by atoms with Crippen molar-refractivity contribution in [2.45, 2.75) is 38.6 Å². The number of amides is 2. The highest BCUT2D eigenvalue weighted by molar-refractivity contribution is 5.88. The van der Waals surface area contributed by atoms with Crippen LogP contribution >= 0.6 is 0 Å². The fraction of sp³-hybridized carbons (Fsp3) is 0.818. The third-order valence-corrected chi connectivity index (χ3v) is 3.13. The maximum absolute atomic E-state index is 12.0. The monoisotopic (exact) mass is 227 g/mol. The lowest BCUT2D eigenvalue weighted by molar-refractivity contribution is -0.140. The first kappa shape index (κ1) is 13.0. The summed E-state index contributed by atoms with van der Waals surface area (Å²) in [6.45, 7) is 3.13. The van der Waals surface area contributed by atoms with E-state index in [4.69, 9.17) is 11.5 Å². The summed E-state index contributed by atoms with van der Waals surface area (Å²) in [7, 11) is 0. The normalized spacial score (nSPS) is 22.1. The van der Waals surface area contributed by atoms with E-state index in [1.807, 2.05) is 6.92 Å². The largest absolute Gasteiger partial charge is 0.368 e. The van der Waals surface area contributed by atoms with E-state index in [1.165, 1.54) is 0 Å². The summed E-state index contributed by atoms with van der Waals surface area (Å²) in [6, 6.07) is -0.396. The van der Waals surface area contributed by atoms with Crippen molar-refractivity contribution in [2.24, 2.45) is 17.4 Å². The molecule has 0 saturated carbocycles. The molecule has 1 saturated heterocycles. The Labute approximate surface area is 96.1 Å². The molecular formula is C11H21N3O2. The minimum Gasteiger partial charge on any atom is -0.368 e. The fourth-order valence-electron chi connectivity index (χ4n) is 2.16. The van der Waals surface area contributed by atoms with Crippen LogP contribution in [-0.4, -0.2) is 35.8 Å². The Kier molecular flexibility index (Phi) is 4.73. The molecule has 0 aromatic carbocycles. The SMILES string of the molecule is CC(CCCN)C(=O)N1CCCC1C(N)=O. The van der Waals surface area contributed by atoms with Gasteiger partial charge in [0, 0.05) is 12.5 Å². The number of nitrogens with two attached hydrogens (primary N) is 2. The average Bonchev–Trinajstić information content (AvgIpc) is 2.73. The van der Waals surface area contributed by atoms with Gasteiger partial charge in [0.15, 0.2) is 0 Å². The Morgan fingerprint density at radius 2 is 2.19 bits per heavy atom. The van der Waals surface area contributed by atoms with Crippen molar-refractivity contribution in [3.05, 3.63) is 0 Å². The van der Waals surface area contributed by atoms with E-state index >= 15 is 0 Å². The molecule has 0 bridgehead atoms. The van der Waals surface area contributed by atoms with Crippen LogP contribution in [0.5, 0.6) is 0 Å². The first-order chi connectivity index (χ1) is 7.57. The number of rotatable bonds is 5. The van der Waals surface area contributed by atoms with E-state index < -0.39 is 11.9 Å². The van der Waals surface area contributed by atoms with Crippen molar-refractivity contribution in [3.63, 3.8) is 0 Å². The lowest BCUT2D eigenvalue weighted by Crippen LogP contribution is -2.45. The third-order valence-electron chi connectivity index (χ3n) is 3.13. The van der Waals surface area contributed by atoms with Gasteiger partial charge in [-0.3, -0.25) is 9.59 Å². The molecule has 2 atom stereocenters. The van der Waals surface area contributed by atoms with Crippen LogP contribution in [0.1, 0.15) is 32.6 Å². The maximum atomic E-state index is 12.0. The summed E-state index contributed by atoms with van der Waals surface area (Å²) < 4.78 is 0. The molecule has 16 heavy (non-hydrogen) atoms. The van der Waals surface area contributed by atoms with Gasteiger partial charge in [0.25, 0.3) is 0 Å². The zero-order valence-corrected chi connectivity index (χ0v) is 9.82. The molecule has 2 unspecified atom stereocenters. The first-order valence-corrected chi connectivity index (χ1v) is 5.87. The topological polar surface area (TPSA) is 89.4 Å². The lowest BCUT2D eigenvalue weighted by atomic mass is 10.0.